The number of nitrogens with zero attached hydrogens (tertiary/aromatic N) is 1. The first kappa shape index (κ1) is 13.3. The van der Waals surface area contributed by atoms with Crippen LogP contribution in [0, 0.1) is 0 Å². The Balaban J connectivity index is 2.01. The smallest absolute Gasteiger partial charge is 0.126 e. The molecule has 2 nitrogen and oxygen atoms in total. The lowest BCUT2D eigenvalue weighted by Gasteiger charge is -2.38. The minimum Gasteiger partial charge on any atom is -0.382 e. The fourth-order valence-corrected chi connectivity index (χ4v) is 4.43. The highest BCUT2D eigenvalue weighted by atomic mass is 79.9. The van der Waals surface area contributed by atoms with Crippen molar-refractivity contribution in [3.05, 3.63) is 50.9 Å². The van der Waals surface area contributed by atoms with E-state index in [0.29, 0.717) is 0 Å². The van der Waals surface area contributed by atoms with Crippen LogP contribution in [0.1, 0.15) is 42.2 Å². The monoisotopic (exact) mass is 337 g/mol. The van der Waals surface area contributed by atoms with Crippen molar-refractivity contribution in [1.82, 2.24) is 4.98 Å². The van der Waals surface area contributed by atoms with Gasteiger partial charge in [0.25, 0.3) is 0 Å². The summed E-state index contributed by atoms with van der Waals surface area (Å²) in [5.41, 5.74) is 0.409. The van der Waals surface area contributed by atoms with E-state index in [1.165, 1.54) is 12.0 Å². The van der Waals surface area contributed by atoms with Gasteiger partial charge in [-0.25, -0.2) is 4.98 Å². The topological polar surface area (TPSA) is 33.1 Å². The fourth-order valence-electron chi connectivity index (χ4n) is 2.99. The first-order valence-electron chi connectivity index (χ1n) is 6.59. The van der Waals surface area contributed by atoms with Gasteiger partial charge in [0.1, 0.15) is 15.2 Å². The van der Waals surface area contributed by atoms with E-state index in [4.69, 9.17) is 0 Å². The number of hydrogen-bond acceptors (Lipinski definition) is 3. The third-order valence-electron chi connectivity index (χ3n) is 3.93. The summed E-state index contributed by atoms with van der Waals surface area (Å²) in [5, 5.41) is 14.0. The largest absolute Gasteiger partial charge is 0.382 e. The SMILES string of the molecule is OC1(c2nc(Br)cs2)CCCCC1c1ccccc1. The molecular weight excluding hydrogens is 322 g/mol. The Kier molecular flexibility index (Phi) is 3.74. The second-order valence-electron chi connectivity index (χ2n) is 5.11. The van der Waals surface area contributed by atoms with Crippen LogP contribution < -0.4 is 0 Å². The molecule has 2 atom stereocenters. The minimum absolute atomic E-state index is 0.153. The molecule has 0 saturated heterocycles. The molecule has 1 heterocycles. The number of hydrogen-bond donors (Lipinski definition) is 1. The molecule has 1 fully saturated rings. The van der Waals surface area contributed by atoms with Gasteiger partial charge in [-0.15, -0.1) is 11.3 Å². The molecule has 2 unspecified atom stereocenters. The van der Waals surface area contributed by atoms with E-state index in [1.807, 2.05) is 23.6 Å². The summed E-state index contributed by atoms with van der Waals surface area (Å²) < 4.78 is 0.818. The minimum atomic E-state index is -0.809. The van der Waals surface area contributed by atoms with Gasteiger partial charge in [-0.2, -0.15) is 0 Å². The van der Waals surface area contributed by atoms with E-state index in [0.717, 1.165) is 28.9 Å². The van der Waals surface area contributed by atoms with Crippen molar-refractivity contribution in [1.29, 1.82) is 0 Å². The molecule has 1 saturated carbocycles. The molecule has 2 aromatic rings. The molecule has 0 spiro atoms. The predicted octanol–water partition coefficient (Wildman–Crippen LogP) is 4.45. The number of halogens is 1. The summed E-state index contributed by atoms with van der Waals surface area (Å²) in [6.45, 7) is 0. The summed E-state index contributed by atoms with van der Waals surface area (Å²) in [6, 6.07) is 10.3. The molecule has 0 radical (unpaired) electrons. The number of aliphatic hydroxyl groups is 1. The molecule has 0 bridgehead atoms. The number of benzene rings is 1. The zero-order chi connectivity index (χ0) is 13.3. The Hall–Kier alpha value is -0.710. The Bertz CT molecular complexity index is 556. The van der Waals surface area contributed by atoms with Gasteiger partial charge < -0.3 is 5.11 Å². The average Bonchev–Trinajstić information content (AvgIpc) is 2.88. The third kappa shape index (κ3) is 2.49. The lowest BCUT2D eigenvalue weighted by molar-refractivity contribution is -0.0226. The lowest BCUT2D eigenvalue weighted by atomic mass is 9.72. The van der Waals surface area contributed by atoms with Gasteiger partial charge in [0.2, 0.25) is 0 Å². The summed E-state index contributed by atoms with van der Waals surface area (Å²) in [6.07, 6.45) is 4.07. The van der Waals surface area contributed by atoms with Crippen molar-refractivity contribution in [2.45, 2.75) is 37.2 Å². The van der Waals surface area contributed by atoms with E-state index in [9.17, 15) is 5.11 Å². The molecule has 4 heteroatoms. The molecule has 1 aromatic carbocycles. The zero-order valence-corrected chi connectivity index (χ0v) is 13.0. The Morgan fingerprint density at radius 1 is 1.26 bits per heavy atom. The zero-order valence-electron chi connectivity index (χ0n) is 10.6. The van der Waals surface area contributed by atoms with Crippen molar-refractivity contribution in [2.75, 3.05) is 0 Å². The van der Waals surface area contributed by atoms with Crippen LogP contribution in [0.5, 0.6) is 0 Å². The Morgan fingerprint density at radius 2 is 2.05 bits per heavy atom. The average molecular weight is 338 g/mol. The third-order valence-corrected chi connectivity index (χ3v) is 5.64. The van der Waals surface area contributed by atoms with Crippen LogP contribution in [0.25, 0.3) is 0 Å². The van der Waals surface area contributed by atoms with Crippen LogP contribution in [0.2, 0.25) is 0 Å². The predicted molar refractivity (Wildman–Crippen MR) is 81.4 cm³/mol. The quantitative estimate of drug-likeness (QED) is 0.877. The van der Waals surface area contributed by atoms with Crippen molar-refractivity contribution in [2.24, 2.45) is 0 Å². The molecule has 1 N–H and O–H groups in total. The second-order valence-corrected chi connectivity index (χ2v) is 6.78. The van der Waals surface area contributed by atoms with E-state index < -0.39 is 5.60 Å². The molecule has 1 aliphatic carbocycles. The molecule has 1 aliphatic rings. The van der Waals surface area contributed by atoms with Gasteiger partial charge in [-0.1, -0.05) is 43.2 Å². The summed E-state index contributed by atoms with van der Waals surface area (Å²) in [4.78, 5) is 4.47. The fraction of sp³-hybridized carbons (Fsp3) is 0.400. The van der Waals surface area contributed by atoms with Gasteiger partial charge in [0, 0.05) is 11.3 Å². The summed E-state index contributed by atoms with van der Waals surface area (Å²) in [7, 11) is 0. The number of thiazole rings is 1. The normalized spacial score (nSPS) is 27.4. The van der Waals surface area contributed by atoms with E-state index in [2.05, 4.69) is 33.0 Å². The molecule has 1 aromatic heterocycles. The van der Waals surface area contributed by atoms with Crippen molar-refractivity contribution in [3.63, 3.8) is 0 Å². The second kappa shape index (κ2) is 5.35. The van der Waals surface area contributed by atoms with Crippen LogP contribution in [-0.2, 0) is 5.60 Å². The maximum Gasteiger partial charge on any atom is 0.126 e. The molecular formula is C15H16BrNOS. The Morgan fingerprint density at radius 3 is 2.74 bits per heavy atom. The van der Waals surface area contributed by atoms with Crippen molar-refractivity contribution >= 4 is 27.3 Å². The van der Waals surface area contributed by atoms with Gasteiger partial charge >= 0.3 is 0 Å². The van der Waals surface area contributed by atoms with Gasteiger partial charge in [-0.05, 0) is 34.3 Å². The highest BCUT2D eigenvalue weighted by molar-refractivity contribution is 9.10. The lowest BCUT2D eigenvalue weighted by Crippen LogP contribution is -2.36. The van der Waals surface area contributed by atoms with E-state index in [-0.39, 0.29) is 5.92 Å². The highest BCUT2D eigenvalue weighted by Crippen LogP contribution is 2.48. The van der Waals surface area contributed by atoms with Crippen LogP contribution >= 0.6 is 27.3 Å². The van der Waals surface area contributed by atoms with Crippen molar-refractivity contribution in [3.8, 4) is 0 Å². The van der Waals surface area contributed by atoms with Crippen LogP contribution in [0.3, 0.4) is 0 Å². The number of rotatable bonds is 2. The molecule has 19 heavy (non-hydrogen) atoms. The summed E-state index contributed by atoms with van der Waals surface area (Å²) in [5.74, 6) is 0.153. The standard InChI is InChI=1S/C15H16BrNOS/c16-13-10-19-14(17-13)15(18)9-5-4-8-12(15)11-6-2-1-3-7-11/h1-3,6-7,10,12,18H,4-5,8-9H2. The number of aromatic nitrogens is 1. The van der Waals surface area contributed by atoms with Crippen LogP contribution in [0.15, 0.2) is 40.3 Å². The first-order chi connectivity index (χ1) is 9.20. The molecule has 3 rings (SSSR count). The van der Waals surface area contributed by atoms with Gasteiger partial charge in [-0.3, -0.25) is 0 Å². The molecule has 0 amide bonds. The highest BCUT2D eigenvalue weighted by Gasteiger charge is 2.43. The molecule has 100 valence electrons. The van der Waals surface area contributed by atoms with Crippen LogP contribution in [0.4, 0.5) is 0 Å². The molecule has 0 aliphatic heterocycles. The van der Waals surface area contributed by atoms with Crippen molar-refractivity contribution < 1.29 is 5.11 Å². The van der Waals surface area contributed by atoms with E-state index in [1.54, 1.807) is 11.3 Å². The summed E-state index contributed by atoms with van der Waals surface area (Å²) >= 11 is 4.93. The van der Waals surface area contributed by atoms with Crippen LogP contribution in [-0.4, -0.2) is 10.1 Å². The maximum absolute atomic E-state index is 11.2. The Labute approximate surface area is 125 Å². The maximum atomic E-state index is 11.2. The van der Waals surface area contributed by atoms with E-state index >= 15 is 0 Å². The van der Waals surface area contributed by atoms with Gasteiger partial charge in [0.15, 0.2) is 0 Å². The first-order valence-corrected chi connectivity index (χ1v) is 8.26. The van der Waals surface area contributed by atoms with Gasteiger partial charge in [0.05, 0.1) is 0 Å².